The maximum atomic E-state index is 6.28. The van der Waals surface area contributed by atoms with E-state index < -0.39 is 0 Å². The first kappa shape index (κ1) is 8.30. The molecule has 2 rings (SSSR count). The van der Waals surface area contributed by atoms with Gasteiger partial charge in [0.2, 0.25) is 0 Å². The minimum Gasteiger partial charge on any atom is -0.325 e. The fourth-order valence-electron chi connectivity index (χ4n) is 2.75. The first-order valence-corrected chi connectivity index (χ1v) is 5.68. The average Bonchev–Trinajstić information content (AvgIpc) is 1.83. The molecule has 0 aromatic heterocycles. The molecule has 0 aromatic carbocycles. The van der Waals surface area contributed by atoms with Crippen molar-refractivity contribution in [2.45, 2.75) is 53.9 Å². The molecule has 2 bridgehead atoms. The van der Waals surface area contributed by atoms with Gasteiger partial charge in [0.1, 0.15) is 0 Å². The van der Waals surface area contributed by atoms with Crippen molar-refractivity contribution >= 4 is 22.6 Å². The molecule has 0 spiro atoms. The molecule has 2 saturated carbocycles. The largest absolute Gasteiger partial charge is 0.325 e. The quantitative estimate of drug-likeness (QED) is 0.528. The van der Waals surface area contributed by atoms with Gasteiger partial charge < -0.3 is 5.73 Å². The summed E-state index contributed by atoms with van der Waals surface area (Å²) >= 11 is 2.65. The molecule has 2 aliphatic carbocycles. The van der Waals surface area contributed by atoms with Crippen LogP contribution < -0.4 is 5.73 Å². The molecule has 64 valence electrons. The smallest absolute Gasteiger partial charge is 0.0239 e. The van der Waals surface area contributed by atoms with Crippen molar-refractivity contribution in [3.05, 3.63) is 0 Å². The zero-order valence-corrected chi connectivity index (χ0v) is 9.06. The number of halogens is 1. The number of alkyl halides is 1. The van der Waals surface area contributed by atoms with Crippen molar-refractivity contribution in [2.24, 2.45) is 5.73 Å². The van der Waals surface area contributed by atoms with Gasteiger partial charge in [-0.1, -0.05) is 35.4 Å². The molecule has 0 amide bonds. The standard InChI is InChI=1S/C9H16IN/c10-8-3-1-5-9(11,7-8)6-2-4-8/h1-7,11H2. The van der Waals surface area contributed by atoms with Gasteiger partial charge in [0.25, 0.3) is 0 Å². The summed E-state index contributed by atoms with van der Waals surface area (Å²) in [6, 6.07) is 0. The van der Waals surface area contributed by atoms with Crippen LogP contribution in [-0.4, -0.2) is 8.96 Å². The van der Waals surface area contributed by atoms with Crippen molar-refractivity contribution in [3.8, 4) is 0 Å². The van der Waals surface area contributed by atoms with E-state index in [2.05, 4.69) is 22.6 Å². The maximum absolute atomic E-state index is 6.28. The summed E-state index contributed by atoms with van der Waals surface area (Å²) in [7, 11) is 0. The van der Waals surface area contributed by atoms with Crippen molar-refractivity contribution < 1.29 is 0 Å². The van der Waals surface area contributed by atoms with Crippen LogP contribution in [0.2, 0.25) is 0 Å². The molecule has 1 nitrogen and oxygen atoms in total. The molecule has 0 aliphatic heterocycles. The number of hydrogen-bond acceptors (Lipinski definition) is 1. The van der Waals surface area contributed by atoms with E-state index >= 15 is 0 Å². The molecule has 0 heterocycles. The van der Waals surface area contributed by atoms with E-state index in [0.29, 0.717) is 3.42 Å². The van der Waals surface area contributed by atoms with Crippen LogP contribution in [0, 0.1) is 0 Å². The number of hydrogen-bond donors (Lipinski definition) is 1. The topological polar surface area (TPSA) is 26.0 Å². The summed E-state index contributed by atoms with van der Waals surface area (Å²) in [6.45, 7) is 0. The molecule has 2 N–H and O–H groups in total. The Morgan fingerprint density at radius 2 is 1.55 bits per heavy atom. The van der Waals surface area contributed by atoms with Gasteiger partial charge in [0.05, 0.1) is 0 Å². The van der Waals surface area contributed by atoms with E-state index in [1.54, 1.807) is 0 Å². The predicted molar refractivity (Wildman–Crippen MR) is 56.0 cm³/mol. The maximum Gasteiger partial charge on any atom is 0.0239 e. The van der Waals surface area contributed by atoms with Crippen LogP contribution in [0.5, 0.6) is 0 Å². The van der Waals surface area contributed by atoms with Crippen molar-refractivity contribution in [1.82, 2.24) is 0 Å². The van der Waals surface area contributed by atoms with Gasteiger partial charge in [0, 0.05) is 8.96 Å². The first-order chi connectivity index (χ1) is 5.12. The second kappa shape index (κ2) is 2.59. The molecule has 0 aromatic rings. The van der Waals surface area contributed by atoms with Gasteiger partial charge in [-0.15, -0.1) is 0 Å². The molecule has 0 unspecified atom stereocenters. The Morgan fingerprint density at radius 1 is 1.00 bits per heavy atom. The lowest BCUT2D eigenvalue weighted by atomic mass is 9.68. The number of nitrogens with two attached hydrogens (primary N) is 1. The Hall–Kier alpha value is 0.690. The Morgan fingerprint density at radius 3 is 1.91 bits per heavy atom. The van der Waals surface area contributed by atoms with Gasteiger partial charge >= 0.3 is 0 Å². The molecule has 2 aliphatic rings. The highest BCUT2D eigenvalue weighted by Gasteiger charge is 2.43. The highest BCUT2D eigenvalue weighted by molar-refractivity contribution is 14.1. The molecular formula is C9H16IN. The lowest BCUT2D eigenvalue weighted by molar-refractivity contribution is 0.187. The molecule has 2 heteroatoms. The number of fused-ring (bicyclic) bond motifs is 2. The fourth-order valence-corrected chi connectivity index (χ4v) is 4.27. The van der Waals surface area contributed by atoms with Crippen LogP contribution in [-0.2, 0) is 0 Å². The van der Waals surface area contributed by atoms with Gasteiger partial charge in [0.15, 0.2) is 0 Å². The summed E-state index contributed by atoms with van der Waals surface area (Å²) in [5, 5.41) is 0. The Balaban J connectivity index is 2.16. The highest BCUT2D eigenvalue weighted by Crippen LogP contribution is 2.49. The molecule has 0 atom stereocenters. The summed E-state index contributed by atoms with van der Waals surface area (Å²) in [5.74, 6) is 0. The van der Waals surface area contributed by atoms with Gasteiger partial charge in [-0.25, -0.2) is 0 Å². The third kappa shape index (κ3) is 1.57. The molecule has 0 saturated heterocycles. The van der Waals surface area contributed by atoms with Crippen LogP contribution in [0.1, 0.15) is 44.9 Å². The van der Waals surface area contributed by atoms with Crippen LogP contribution in [0.15, 0.2) is 0 Å². The van der Waals surface area contributed by atoms with E-state index in [1.165, 1.54) is 44.9 Å². The second-order valence-electron chi connectivity index (χ2n) is 4.40. The minimum atomic E-state index is 0.234. The molecule has 0 radical (unpaired) electrons. The summed E-state index contributed by atoms with van der Waals surface area (Å²) in [5.41, 5.74) is 6.51. The third-order valence-electron chi connectivity index (χ3n) is 3.27. The Bertz CT molecular complexity index is 141. The SMILES string of the molecule is NC12CCCC(I)(CCC1)C2. The van der Waals surface area contributed by atoms with E-state index in [-0.39, 0.29) is 5.54 Å². The van der Waals surface area contributed by atoms with Gasteiger partial charge in [-0.3, -0.25) is 0 Å². The van der Waals surface area contributed by atoms with Crippen LogP contribution >= 0.6 is 22.6 Å². The van der Waals surface area contributed by atoms with E-state index in [4.69, 9.17) is 5.73 Å². The minimum absolute atomic E-state index is 0.234. The molecule has 2 fully saturated rings. The molecular weight excluding hydrogens is 249 g/mol. The summed E-state index contributed by atoms with van der Waals surface area (Å²) in [4.78, 5) is 0. The van der Waals surface area contributed by atoms with E-state index in [9.17, 15) is 0 Å². The van der Waals surface area contributed by atoms with E-state index in [0.717, 1.165) is 0 Å². The van der Waals surface area contributed by atoms with Gasteiger partial charge in [-0.2, -0.15) is 0 Å². The van der Waals surface area contributed by atoms with Crippen molar-refractivity contribution in [2.75, 3.05) is 0 Å². The lowest BCUT2D eigenvalue weighted by Gasteiger charge is -2.47. The fraction of sp³-hybridized carbons (Fsp3) is 1.00. The normalized spacial score (nSPS) is 50.7. The Labute approximate surface area is 82.2 Å². The Kier molecular flexibility index (Phi) is 1.95. The van der Waals surface area contributed by atoms with Crippen molar-refractivity contribution in [1.29, 1.82) is 0 Å². The molecule has 11 heavy (non-hydrogen) atoms. The zero-order valence-electron chi connectivity index (χ0n) is 6.91. The first-order valence-electron chi connectivity index (χ1n) is 4.60. The lowest BCUT2D eigenvalue weighted by Crippen LogP contribution is -2.52. The summed E-state index contributed by atoms with van der Waals surface area (Å²) in [6.07, 6.45) is 9.37. The highest BCUT2D eigenvalue weighted by atomic mass is 127. The second-order valence-corrected chi connectivity index (χ2v) is 6.69. The van der Waals surface area contributed by atoms with Crippen LogP contribution in [0.25, 0.3) is 0 Å². The van der Waals surface area contributed by atoms with Crippen molar-refractivity contribution in [3.63, 3.8) is 0 Å². The van der Waals surface area contributed by atoms with Gasteiger partial charge in [-0.05, 0) is 32.1 Å². The third-order valence-corrected chi connectivity index (χ3v) is 4.73. The monoisotopic (exact) mass is 265 g/mol. The van der Waals surface area contributed by atoms with Crippen LogP contribution in [0.3, 0.4) is 0 Å². The predicted octanol–water partition coefficient (Wildman–Crippen LogP) is 2.62. The zero-order chi connectivity index (χ0) is 7.95. The van der Waals surface area contributed by atoms with E-state index in [1.807, 2.05) is 0 Å². The number of rotatable bonds is 0. The average molecular weight is 265 g/mol. The summed E-state index contributed by atoms with van der Waals surface area (Å²) < 4.78 is 0.586. The van der Waals surface area contributed by atoms with Crippen LogP contribution in [0.4, 0.5) is 0 Å².